The van der Waals surface area contributed by atoms with E-state index in [1.54, 1.807) is 13.8 Å². The summed E-state index contributed by atoms with van der Waals surface area (Å²) >= 11 is 0. The number of nitrogens with one attached hydrogen (secondary N) is 2. The van der Waals surface area contributed by atoms with E-state index < -0.39 is 23.4 Å². The van der Waals surface area contributed by atoms with Crippen LogP contribution in [0.4, 0.5) is 23.7 Å². The third-order valence-corrected chi connectivity index (χ3v) is 2.16. The first-order chi connectivity index (χ1) is 8.64. The van der Waals surface area contributed by atoms with Gasteiger partial charge in [0.05, 0.1) is 24.0 Å². The Morgan fingerprint density at radius 1 is 1.37 bits per heavy atom. The van der Waals surface area contributed by atoms with Crippen LogP contribution in [0.25, 0.3) is 0 Å². The van der Waals surface area contributed by atoms with Crippen molar-refractivity contribution in [2.75, 3.05) is 11.9 Å². The second kappa shape index (κ2) is 5.43. The fourth-order valence-corrected chi connectivity index (χ4v) is 1.14. The third kappa shape index (κ3) is 4.74. The number of nitrogens with zero attached hydrogens (tertiary/aromatic N) is 1. The lowest BCUT2D eigenvalue weighted by molar-refractivity contribution is -0.141. The molecule has 106 valence electrons. The third-order valence-electron chi connectivity index (χ3n) is 2.16. The Morgan fingerprint density at radius 2 is 2.00 bits per heavy atom. The molecule has 1 aromatic rings. The van der Waals surface area contributed by atoms with Gasteiger partial charge in [0, 0.05) is 0 Å². The van der Waals surface area contributed by atoms with Gasteiger partial charge in [-0.05, 0) is 26.0 Å². The van der Waals surface area contributed by atoms with Crippen molar-refractivity contribution < 1.29 is 23.1 Å². The second-order valence-corrected chi connectivity index (χ2v) is 4.55. The molecule has 0 spiro atoms. The maximum atomic E-state index is 12.3. The number of rotatable bonds is 3. The highest BCUT2D eigenvalue weighted by molar-refractivity contribution is 5.89. The van der Waals surface area contributed by atoms with Crippen molar-refractivity contribution >= 4 is 11.7 Å². The number of aliphatic hydroxyl groups excluding tert-OH is 1. The molecule has 0 bridgehead atoms. The molecule has 5 nitrogen and oxygen atoms in total. The van der Waals surface area contributed by atoms with Crippen molar-refractivity contribution in [2.24, 2.45) is 0 Å². The number of anilines is 1. The van der Waals surface area contributed by atoms with Crippen LogP contribution in [-0.4, -0.2) is 28.3 Å². The molecule has 1 heterocycles. The topological polar surface area (TPSA) is 74.2 Å². The molecule has 8 heteroatoms. The minimum absolute atomic E-state index is 0.124. The van der Waals surface area contributed by atoms with Gasteiger partial charge in [-0.3, -0.25) is 0 Å². The minimum atomic E-state index is -4.51. The van der Waals surface area contributed by atoms with E-state index in [1.807, 2.05) is 0 Å². The molecule has 19 heavy (non-hydrogen) atoms. The Labute approximate surface area is 107 Å². The number of hydrogen-bond acceptors (Lipinski definition) is 3. The Morgan fingerprint density at radius 3 is 2.42 bits per heavy atom. The van der Waals surface area contributed by atoms with Crippen molar-refractivity contribution in [3.63, 3.8) is 0 Å². The first-order valence-electron chi connectivity index (χ1n) is 5.37. The molecule has 0 aliphatic rings. The van der Waals surface area contributed by atoms with Crippen molar-refractivity contribution in [3.8, 4) is 0 Å². The van der Waals surface area contributed by atoms with Crippen LogP contribution in [0.3, 0.4) is 0 Å². The normalized spacial score (nSPS) is 12.1. The van der Waals surface area contributed by atoms with Crippen LogP contribution in [0, 0.1) is 0 Å². The molecule has 3 N–H and O–H groups in total. The van der Waals surface area contributed by atoms with Crippen LogP contribution in [0.2, 0.25) is 0 Å². The molecule has 1 rings (SSSR count). The molecule has 1 aromatic heterocycles. The fraction of sp³-hybridized carbons (Fsp3) is 0.455. The molecule has 0 atom stereocenters. The zero-order valence-corrected chi connectivity index (χ0v) is 10.4. The predicted octanol–water partition coefficient (Wildman–Crippen LogP) is 1.99. The minimum Gasteiger partial charge on any atom is -0.394 e. The van der Waals surface area contributed by atoms with E-state index in [-0.39, 0.29) is 12.3 Å². The maximum absolute atomic E-state index is 12.3. The summed E-state index contributed by atoms with van der Waals surface area (Å²) in [5.41, 5.74) is -1.74. The van der Waals surface area contributed by atoms with Crippen LogP contribution in [-0.2, 0) is 6.18 Å². The summed E-state index contributed by atoms with van der Waals surface area (Å²) in [5, 5.41) is 13.7. The maximum Gasteiger partial charge on any atom is 0.433 e. The van der Waals surface area contributed by atoms with Gasteiger partial charge < -0.3 is 15.7 Å². The van der Waals surface area contributed by atoms with Gasteiger partial charge in [0.15, 0.2) is 0 Å². The number of amides is 2. The molecule has 0 aliphatic carbocycles. The second-order valence-electron chi connectivity index (χ2n) is 4.55. The van der Waals surface area contributed by atoms with Crippen molar-refractivity contribution in [2.45, 2.75) is 25.6 Å². The average Bonchev–Trinajstić information content (AvgIpc) is 2.27. The van der Waals surface area contributed by atoms with Gasteiger partial charge in [0.25, 0.3) is 0 Å². The van der Waals surface area contributed by atoms with E-state index in [1.165, 1.54) is 0 Å². The van der Waals surface area contributed by atoms with E-state index in [9.17, 15) is 18.0 Å². The Kier molecular flexibility index (Phi) is 4.35. The summed E-state index contributed by atoms with van der Waals surface area (Å²) in [6.45, 7) is 2.92. The number of aliphatic hydroxyl groups is 1. The van der Waals surface area contributed by atoms with E-state index in [2.05, 4.69) is 15.6 Å². The van der Waals surface area contributed by atoms with Gasteiger partial charge in [-0.2, -0.15) is 13.2 Å². The Balaban J connectivity index is 2.66. The summed E-state index contributed by atoms with van der Waals surface area (Å²) in [5.74, 6) is 0. The van der Waals surface area contributed by atoms with E-state index in [4.69, 9.17) is 5.11 Å². The molecule has 0 unspecified atom stereocenters. The first-order valence-corrected chi connectivity index (χ1v) is 5.37. The number of urea groups is 1. The molecular formula is C11H14F3N3O2. The number of pyridine rings is 1. The SMILES string of the molecule is CC(C)(CO)NC(=O)Nc1ccc(C(F)(F)F)nc1. The molecule has 0 radical (unpaired) electrons. The summed E-state index contributed by atoms with van der Waals surface area (Å²) in [7, 11) is 0. The number of halogens is 3. The largest absolute Gasteiger partial charge is 0.433 e. The summed E-state index contributed by atoms with van der Waals surface area (Å²) < 4.78 is 36.8. The lowest BCUT2D eigenvalue weighted by Gasteiger charge is -2.23. The summed E-state index contributed by atoms with van der Waals surface area (Å²) in [6.07, 6.45) is -3.60. The fourth-order valence-electron chi connectivity index (χ4n) is 1.14. The first kappa shape index (κ1) is 15.2. The number of aromatic nitrogens is 1. The predicted molar refractivity (Wildman–Crippen MR) is 62.6 cm³/mol. The van der Waals surface area contributed by atoms with Crippen molar-refractivity contribution in [3.05, 3.63) is 24.0 Å². The Bertz CT molecular complexity index is 443. The van der Waals surface area contributed by atoms with Gasteiger partial charge in [-0.25, -0.2) is 9.78 Å². The zero-order chi connectivity index (χ0) is 14.7. The molecule has 0 aliphatic heterocycles. The zero-order valence-electron chi connectivity index (χ0n) is 10.4. The van der Waals surface area contributed by atoms with Crippen LogP contribution < -0.4 is 10.6 Å². The van der Waals surface area contributed by atoms with Crippen molar-refractivity contribution in [1.29, 1.82) is 0 Å². The average molecular weight is 277 g/mol. The Hall–Kier alpha value is -1.83. The number of carbonyl (C=O) groups excluding carboxylic acids is 1. The van der Waals surface area contributed by atoms with Gasteiger partial charge in [0.2, 0.25) is 0 Å². The number of carbonyl (C=O) groups is 1. The number of alkyl halides is 3. The highest BCUT2D eigenvalue weighted by Crippen LogP contribution is 2.27. The quantitative estimate of drug-likeness (QED) is 0.791. The summed E-state index contributed by atoms with van der Waals surface area (Å²) in [6, 6.07) is 1.23. The molecule has 2 amide bonds. The van der Waals surface area contributed by atoms with Crippen LogP contribution in [0.15, 0.2) is 18.3 Å². The van der Waals surface area contributed by atoms with Gasteiger partial charge in [0.1, 0.15) is 5.69 Å². The van der Waals surface area contributed by atoms with Gasteiger partial charge in [-0.1, -0.05) is 0 Å². The standard InChI is InChI=1S/C11H14F3N3O2/c1-10(2,6-18)17-9(19)16-7-3-4-8(15-5-7)11(12,13)14/h3-5,18H,6H2,1-2H3,(H2,16,17,19). The highest BCUT2D eigenvalue weighted by atomic mass is 19.4. The monoisotopic (exact) mass is 277 g/mol. The van der Waals surface area contributed by atoms with Gasteiger partial charge >= 0.3 is 12.2 Å². The lowest BCUT2D eigenvalue weighted by atomic mass is 10.1. The highest BCUT2D eigenvalue weighted by Gasteiger charge is 2.32. The molecule has 0 saturated carbocycles. The lowest BCUT2D eigenvalue weighted by Crippen LogP contribution is -2.48. The van der Waals surface area contributed by atoms with Crippen LogP contribution in [0.5, 0.6) is 0 Å². The molecule has 0 aromatic carbocycles. The molecule has 0 saturated heterocycles. The molecule has 0 fully saturated rings. The van der Waals surface area contributed by atoms with Crippen LogP contribution in [0.1, 0.15) is 19.5 Å². The van der Waals surface area contributed by atoms with Crippen molar-refractivity contribution in [1.82, 2.24) is 10.3 Å². The van der Waals surface area contributed by atoms with E-state index in [0.717, 1.165) is 18.3 Å². The summed E-state index contributed by atoms with van der Waals surface area (Å²) in [4.78, 5) is 14.7. The van der Waals surface area contributed by atoms with Crippen LogP contribution >= 0.6 is 0 Å². The smallest absolute Gasteiger partial charge is 0.394 e. The molecular weight excluding hydrogens is 263 g/mol. The van der Waals surface area contributed by atoms with E-state index >= 15 is 0 Å². The van der Waals surface area contributed by atoms with Gasteiger partial charge in [-0.15, -0.1) is 0 Å². The van der Waals surface area contributed by atoms with E-state index in [0.29, 0.717) is 0 Å². The number of hydrogen-bond donors (Lipinski definition) is 3.